The van der Waals surface area contributed by atoms with Crippen LogP contribution in [0.5, 0.6) is 0 Å². The number of fused-ring (bicyclic) bond motifs is 5. The molecule has 3 N–H and O–H groups in total. The fourth-order valence-corrected chi connectivity index (χ4v) is 14.8. The topological polar surface area (TPSA) is 295 Å². The summed E-state index contributed by atoms with van der Waals surface area (Å²) in [6, 6.07) is 34.0. The van der Waals surface area contributed by atoms with Crippen LogP contribution < -0.4 is 16.7 Å². The number of likely N-dealkylation sites (tertiary alicyclic amines) is 2. The molecule has 26 heteroatoms. The molecule has 0 bridgehead atoms. The normalized spacial score (nSPS) is 18.2. The molecule has 2 unspecified atom stereocenters. The molecule has 18 rings (SSSR count). The lowest BCUT2D eigenvalue weighted by molar-refractivity contribution is -0.140. The van der Waals surface area contributed by atoms with E-state index in [1.807, 2.05) is 27.7 Å². The summed E-state index contributed by atoms with van der Waals surface area (Å²) in [6.07, 6.45) is 10.3. The van der Waals surface area contributed by atoms with Crippen molar-refractivity contribution in [2.45, 2.75) is 64.3 Å². The highest BCUT2D eigenvalue weighted by Gasteiger charge is 2.54. The fourth-order valence-electron chi connectivity index (χ4n) is 14.8. The zero-order valence-electron chi connectivity index (χ0n) is 55.8. The third kappa shape index (κ3) is 12.8. The van der Waals surface area contributed by atoms with Gasteiger partial charge in [-0.25, -0.2) is 33.4 Å². The summed E-state index contributed by atoms with van der Waals surface area (Å²) in [6.45, 7) is 3.44. The van der Waals surface area contributed by atoms with Crippen molar-refractivity contribution in [3.05, 3.63) is 261 Å². The molecule has 8 amide bonds. The molecule has 5 aliphatic heterocycles. The number of hydrogen-bond donors (Lipinski definition) is 3. The van der Waals surface area contributed by atoms with Crippen molar-refractivity contribution in [3.63, 3.8) is 0 Å². The molecule has 3 aliphatic carbocycles. The summed E-state index contributed by atoms with van der Waals surface area (Å²) in [5, 5.41) is 23.5. The molecule has 2 atom stereocenters. The van der Waals surface area contributed by atoms with Gasteiger partial charge in [-0.05, 0) is 133 Å². The first-order valence-electron chi connectivity index (χ1n) is 34.6. The first-order valence-corrected chi connectivity index (χ1v) is 34.6. The summed E-state index contributed by atoms with van der Waals surface area (Å²) in [7, 11) is 0. The minimum Gasteiger partial charge on any atom is -0.352 e. The Morgan fingerprint density at radius 1 is 0.423 bits per heavy atom. The van der Waals surface area contributed by atoms with Gasteiger partial charge in [0.15, 0.2) is 0 Å². The molecule has 8 aliphatic rings. The van der Waals surface area contributed by atoms with Gasteiger partial charge in [0.2, 0.25) is 17.7 Å². The number of amides is 8. The van der Waals surface area contributed by atoms with Crippen LogP contribution in [-0.4, -0.2) is 153 Å². The van der Waals surface area contributed by atoms with Crippen molar-refractivity contribution in [1.82, 2.24) is 59.7 Å². The van der Waals surface area contributed by atoms with Crippen molar-refractivity contribution >= 4 is 79.6 Å². The highest BCUT2D eigenvalue weighted by atomic mass is 19.1. The van der Waals surface area contributed by atoms with E-state index in [0.29, 0.717) is 111 Å². The summed E-state index contributed by atoms with van der Waals surface area (Å²) < 4.78 is 45.9. The highest BCUT2D eigenvalue weighted by Crippen LogP contribution is 2.40. The van der Waals surface area contributed by atoms with Gasteiger partial charge in [0.1, 0.15) is 17.5 Å². The van der Waals surface area contributed by atoms with Crippen LogP contribution in [0.15, 0.2) is 165 Å². The lowest BCUT2D eigenvalue weighted by atomic mass is 10.00. The first kappa shape index (κ1) is 66.5. The van der Waals surface area contributed by atoms with Gasteiger partial charge in [-0.2, -0.15) is 15.3 Å². The summed E-state index contributed by atoms with van der Waals surface area (Å²) >= 11 is 0. The SMILES string of the molecule is O=C(c1cc(Cc2n[nH]c(=O)c3ccccc23)ccc1F)N1C(=O)c2cn(CC3CC3)cc2C1=O.O=C(c1cc(Cc2n[nH]c(=O)c3ccccc23)ccc1F)N1CC2=C(C1)CN(C(=O)C1CC1)C2.O=C(c1cc(Cc2n[nH]c(=O)c3ccccc23)ccc1F)N1CC2C(=O)N(CC3CC3)C(=O)C2C1. The zero-order chi connectivity index (χ0) is 71.9. The molecule has 104 heavy (non-hydrogen) atoms. The van der Waals surface area contributed by atoms with E-state index in [2.05, 4.69) is 30.6 Å². The molecule has 4 aromatic heterocycles. The van der Waals surface area contributed by atoms with E-state index in [0.717, 1.165) is 73.2 Å². The number of halogens is 3. The first-order chi connectivity index (χ1) is 50.3. The van der Waals surface area contributed by atoms with Crippen molar-refractivity contribution in [3.8, 4) is 0 Å². The molecular weight excluding hydrogens is 1340 g/mol. The Balaban J connectivity index is 0.000000120. The number of imide groups is 4. The van der Waals surface area contributed by atoms with E-state index in [4.69, 9.17) is 0 Å². The van der Waals surface area contributed by atoms with Crippen molar-refractivity contribution in [2.75, 3.05) is 45.8 Å². The van der Waals surface area contributed by atoms with E-state index < -0.39 is 52.9 Å². The third-order valence-electron chi connectivity index (χ3n) is 20.8. The zero-order valence-corrected chi connectivity index (χ0v) is 55.8. The van der Waals surface area contributed by atoms with Gasteiger partial charge < -0.3 is 19.3 Å². The van der Waals surface area contributed by atoms with Crippen LogP contribution in [0.25, 0.3) is 32.3 Å². The van der Waals surface area contributed by atoms with Crippen molar-refractivity contribution in [1.29, 1.82) is 0 Å². The number of benzene rings is 6. The van der Waals surface area contributed by atoms with Gasteiger partial charge in [-0.15, -0.1) is 0 Å². The van der Waals surface area contributed by atoms with Crippen LogP contribution in [0.1, 0.15) is 124 Å². The molecule has 524 valence electrons. The average Bonchev–Trinajstić information content (AvgIpc) is 1.61. The Morgan fingerprint density at radius 3 is 1.18 bits per heavy atom. The molecule has 23 nitrogen and oxygen atoms in total. The van der Waals surface area contributed by atoms with E-state index in [-0.39, 0.29) is 100.0 Å². The van der Waals surface area contributed by atoms with Gasteiger partial charge in [-0.1, -0.05) is 72.8 Å². The maximum Gasteiger partial charge on any atom is 0.272 e. The molecule has 3 saturated carbocycles. The van der Waals surface area contributed by atoms with Gasteiger partial charge in [0.05, 0.1) is 72.9 Å². The van der Waals surface area contributed by atoms with Crippen LogP contribution in [0, 0.1) is 47.0 Å². The highest BCUT2D eigenvalue weighted by molar-refractivity contribution is 6.31. The number of carbonyl (C=O) groups is 8. The predicted octanol–water partition coefficient (Wildman–Crippen LogP) is 8.08. The number of hydrogen-bond acceptors (Lipinski definition) is 14. The summed E-state index contributed by atoms with van der Waals surface area (Å²) in [4.78, 5) is 146. The lowest BCUT2D eigenvalue weighted by Gasteiger charge is -2.23. The second-order valence-electron chi connectivity index (χ2n) is 28.1. The number of H-pyrrole nitrogens is 3. The van der Waals surface area contributed by atoms with Gasteiger partial charge >= 0.3 is 0 Å². The lowest BCUT2D eigenvalue weighted by Crippen LogP contribution is -2.39. The standard InChI is InChI=1S/C26H23FN4O4.C26H19FN4O4.C26H23FN4O3/c27-21-8-7-15(10-22-16-3-1-2-4-17(16)23(32)29-28-22)9-18(21)24(33)30-12-19-20(13-30)26(35)31(25(19)34)11-14-5-6-14;27-21-8-7-15(10-22-16-3-1-2-4-17(16)23(32)29-28-22)9-18(21)24(33)31-25(34)19-12-30(11-14-5-6-14)13-20(19)26(31)35;27-22-8-5-15(10-23-19-3-1-2-4-20(19)24(32)29-28-23)9-21(22)26(34)31-13-17-11-30(12-18(17)14-31)25(33)16-6-7-16/h1-4,7-9,14,19-20H,5-6,10-13H2,(H,29,32);1-4,7-9,12-14H,5-6,10-11H2,(H,29,32);1-5,8-9,16H,6-7,10-14H2,(H,29,32). The number of aromatic amines is 3. The van der Waals surface area contributed by atoms with E-state index in [1.54, 1.807) is 90.1 Å². The van der Waals surface area contributed by atoms with Gasteiger partial charge in [0, 0.05) is 106 Å². The maximum absolute atomic E-state index is 14.7. The molecule has 10 aromatic rings. The Kier molecular flexibility index (Phi) is 17.1. The number of rotatable bonds is 14. The average molecular weight is 1400 g/mol. The van der Waals surface area contributed by atoms with Crippen LogP contribution >= 0.6 is 0 Å². The molecule has 0 spiro atoms. The van der Waals surface area contributed by atoms with Crippen LogP contribution in [0.4, 0.5) is 13.2 Å². The smallest absolute Gasteiger partial charge is 0.272 e. The number of aromatic nitrogens is 7. The summed E-state index contributed by atoms with van der Waals surface area (Å²) in [5.41, 5.74) is 4.90. The molecule has 0 radical (unpaired) electrons. The second kappa shape index (κ2) is 26.7. The minimum absolute atomic E-state index is 0.0262. The molecule has 6 aromatic carbocycles. The minimum atomic E-state index is -1.01. The van der Waals surface area contributed by atoms with Crippen LogP contribution in [-0.2, 0) is 40.2 Å². The van der Waals surface area contributed by atoms with E-state index in [1.165, 1.54) is 40.1 Å². The monoisotopic (exact) mass is 1400 g/mol. The van der Waals surface area contributed by atoms with Crippen LogP contribution in [0.2, 0.25) is 0 Å². The molecule has 2 saturated heterocycles. The van der Waals surface area contributed by atoms with E-state index >= 15 is 0 Å². The Hall–Kier alpha value is -12.1. The Morgan fingerprint density at radius 2 is 0.788 bits per heavy atom. The molecule has 5 fully saturated rings. The Labute approximate surface area is 588 Å². The predicted molar refractivity (Wildman–Crippen MR) is 371 cm³/mol. The molecular formula is C78H65F3N12O11. The maximum atomic E-state index is 14.7. The summed E-state index contributed by atoms with van der Waals surface area (Å²) in [5.74, 6) is -5.63. The van der Waals surface area contributed by atoms with Crippen molar-refractivity contribution < 1.29 is 51.5 Å². The third-order valence-corrected chi connectivity index (χ3v) is 20.8. The molecule has 9 heterocycles. The number of nitrogens with one attached hydrogen (secondary N) is 3. The number of nitrogens with zero attached hydrogens (tertiary/aromatic N) is 9. The fraction of sp³-hybridized carbons (Fsp3) is 0.282. The largest absolute Gasteiger partial charge is 0.352 e. The number of carbonyl (C=O) groups excluding carboxylic acids is 8. The van der Waals surface area contributed by atoms with Crippen LogP contribution in [0.3, 0.4) is 0 Å². The quantitative estimate of drug-likeness (QED) is 0.0685. The van der Waals surface area contributed by atoms with E-state index in [9.17, 15) is 65.9 Å². The van der Waals surface area contributed by atoms with Crippen molar-refractivity contribution in [2.24, 2.45) is 29.6 Å². The second-order valence-corrected chi connectivity index (χ2v) is 28.1. The van der Waals surface area contributed by atoms with Gasteiger partial charge in [-0.3, -0.25) is 57.6 Å². The Bertz CT molecular complexity index is 5500. The van der Waals surface area contributed by atoms with Gasteiger partial charge in [0.25, 0.3) is 46.2 Å².